The first-order valence-electron chi connectivity index (χ1n) is 11.7. The number of benzene rings is 3. The quantitative estimate of drug-likeness (QED) is 0.174. The molecular weight excluding hydrogens is 477 g/mol. The minimum Gasteiger partial charge on any atom is -0.465 e. The van der Waals surface area contributed by atoms with Gasteiger partial charge >= 0.3 is 13.8 Å². The number of para-hydroxylation sites is 2. The van der Waals surface area contributed by atoms with Gasteiger partial charge in [0, 0.05) is 12.1 Å². The van der Waals surface area contributed by atoms with Gasteiger partial charge in [0.1, 0.15) is 5.92 Å². The van der Waals surface area contributed by atoms with Gasteiger partial charge in [-0.3, -0.25) is 14.9 Å². The maximum atomic E-state index is 13.2. The van der Waals surface area contributed by atoms with E-state index in [0.29, 0.717) is 24.0 Å². The molecule has 0 saturated carbocycles. The number of non-ortho nitro benzene ring substituents is 1. The van der Waals surface area contributed by atoms with Crippen molar-refractivity contribution in [3.63, 3.8) is 0 Å². The number of hydrogen-bond acceptors (Lipinski definition) is 7. The Hall–Kier alpha value is -3.74. The second-order valence-electron chi connectivity index (χ2n) is 8.41. The van der Waals surface area contributed by atoms with E-state index in [2.05, 4.69) is 6.58 Å². The van der Waals surface area contributed by atoms with E-state index < -0.39 is 24.6 Å². The fraction of sp³-hybridized carbons (Fsp3) is 0.222. The van der Waals surface area contributed by atoms with Crippen LogP contribution in [-0.2, 0) is 16.0 Å². The molecule has 3 aromatic carbocycles. The summed E-state index contributed by atoms with van der Waals surface area (Å²) in [4.78, 5) is 36.4. The van der Waals surface area contributed by atoms with E-state index in [9.17, 15) is 19.8 Å². The normalized spacial score (nSPS) is 15.4. The summed E-state index contributed by atoms with van der Waals surface area (Å²) in [5, 5.41) is 11.5. The van der Waals surface area contributed by atoms with Crippen molar-refractivity contribution in [1.82, 2.24) is 0 Å². The molecule has 1 N–H and O–H groups in total. The van der Waals surface area contributed by atoms with Crippen LogP contribution in [0.15, 0.2) is 96.8 Å². The third-order valence-corrected chi connectivity index (χ3v) is 9.54. The van der Waals surface area contributed by atoms with Gasteiger partial charge in [-0.05, 0) is 43.2 Å². The first-order valence-corrected chi connectivity index (χ1v) is 13.4. The summed E-state index contributed by atoms with van der Waals surface area (Å²) < 4.78 is 9.31. The lowest BCUT2D eigenvalue weighted by Gasteiger charge is -2.34. The molecule has 1 aliphatic rings. The second kappa shape index (κ2) is 10.9. The van der Waals surface area contributed by atoms with Crippen LogP contribution in [0.2, 0.25) is 0 Å². The minimum atomic E-state index is -3.31. The van der Waals surface area contributed by atoms with E-state index in [-0.39, 0.29) is 18.7 Å². The monoisotopic (exact) mass is 506 g/mol. The molecule has 9 heteroatoms. The van der Waals surface area contributed by atoms with Gasteiger partial charge in [0.05, 0.1) is 36.0 Å². The molecule has 1 aliphatic heterocycles. The molecule has 3 aromatic rings. The highest BCUT2D eigenvalue weighted by molar-refractivity contribution is 7.77. The Morgan fingerprint density at radius 3 is 1.94 bits per heavy atom. The van der Waals surface area contributed by atoms with Crippen LogP contribution in [0.3, 0.4) is 0 Å². The predicted molar refractivity (Wildman–Crippen MR) is 143 cm³/mol. The van der Waals surface area contributed by atoms with E-state index >= 15 is 0 Å². The van der Waals surface area contributed by atoms with E-state index in [1.165, 1.54) is 12.1 Å². The lowest BCUT2D eigenvalue weighted by atomic mass is 9.99. The van der Waals surface area contributed by atoms with Crippen molar-refractivity contribution in [2.24, 2.45) is 5.92 Å². The van der Waals surface area contributed by atoms with E-state index in [4.69, 9.17) is 4.74 Å². The molecule has 1 atom stereocenters. The fourth-order valence-corrected chi connectivity index (χ4v) is 7.61. The number of esters is 1. The van der Waals surface area contributed by atoms with Crippen LogP contribution in [0, 0.1) is 16.0 Å². The van der Waals surface area contributed by atoms with Gasteiger partial charge in [-0.25, -0.2) is 0 Å². The zero-order chi connectivity index (χ0) is 25.7. The highest BCUT2D eigenvalue weighted by Crippen LogP contribution is 2.73. The Bertz CT molecular complexity index is 1170. The molecule has 1 heterocycles. The molecule has 1 saturated heterocycles. The van der Waals surface area contributed by atoms with Gasteiger partial charge in [0.15, 0.2) is 5.31 Å². The predicted octanol–water partition coefficient (Wildman–Crippen LogP) is 5.61. The lowest BCUT2D eigenvalue weighted by Crippen LogP contribution is -2.32. The summed E-state index contributed by atoms with van der Waals surface area (Å²) in [5.74, 6) is -1.33. The van der Waals surface area contributed by atoms with Gasteiger partial charge in [0.2, 0.25) is 0 Å². The molecule has 0 amide bonds. The summed E-state index contributed by atoms with van der Waals surface area (Å²) in [5.41, 5.74) is 2.36. The molecular formula is C27H29N3O5P+. The number of carbonyl (C=O) groups excluding carboxylic acids is 1. The topological polar surface area (TPSA) is 96.1 Å². The average molecular weight is 507 g/mol. The molecule has 186 valence electrons. The van der Waals surface area contributed by atoms with Crippen LogP contribution in [0.1, 0.15) is 12.5 Å². The van der Waals surface area contributed by atoms with Crippen LogP contribution in [-0.4, -0.2) is 35.5 Å². The van der Waals surface area contributed by atoms with Crippen molar-refractivity contribution >= 4 is 30.8 Å². The summed E-state index contributed by atoms with van der Waals surface area (Å²) in [6, 6.07) is 25.3. The van der Waals surface area contributed by atoms with E-state index in [1.54, 1.807) is 19.1 Å². The van der Waals surface area contributed by atoms with Crippen LogP contribution >= 0.6 is 7.79 Å². The van der Waals surface area contributed by atoms with Crippen LogP contribution in [0.25, 0.3) is 0 Å². The summed E-state index contributed by atoms with van der Waals surface area (Å²) in [7, 11) is -3.31. The first kappa shape index (κ1) is 25.4. The van der Waals surface area contributed by atoms with Gasteiger partial charge in [-0.1, -0.05) is 55.1 Å². The number of ether oxygens (including phenoxy) is 1. The molecule has 0 radical (unpaired) electrons. The van der Waals surface area contributed by atoms with Gasteiger partial charge in [-0.2, -0.15) is 14.2 Å². The SMILES string of the molecule is C=C(C(Cc1ccc([N+](=O)[O-])cc1)C(=O)OCC)[P+]1(O)N(c2ccccc2)CCN1c1ccccc1. The number of nitro benzene ring substituents is 1. The fourth-order valence-electron chi connectivity index (χ4n) is 4.47. The van der Waals surface area contributed by atoms with Crippen molar-refractivity contribution in [2.45, 2.75) is 13.3 Å². The smallest absolute Gasteiger partial charge is 0.362 e. The molecule has 1 fully saturated rings. The Morgan fingerprint density at radius 2 is 1.50 bits per heavy atom. The van der Waals surface area contributed by atoms with Crippen molar-refractivity contribution in [3.05, 3.63) is 113 Å². The van der Waals surface area contributed by atoms with Crippen molar-refractivity contribution in [1.29, 1.82) is 0 Å². The van der Waals surface area contributed by atoms with Crippen molar-refractivity contribution in [2.75, 3.05) is 29.0 Å². The number of carbonyl (C=O) groups is 1. The minimum absolute atomic E-state index is 0.0299. The van der Waals surface area contributed by atoms with Crippen LogP contribution in [0.5, 0.6) is 0 Å². The van der Waals surface area contributed by atoms with E-state index in [0.717, 1.165) is 11.4 Å². The van der Waals surface area contributed by atoms with Crippen molar-refractivity contribution in [3.8, 4) is 0 Å². The molecule has 8 nitrogen and oxygen atoms in total. The Kier molecular flexibility index (Phi) is 7.67. The maximum absolute atomic E-state index is 13.2. The zero-order valence-electron chi connectivity index (χ0n) is 20.1. The van der Waals surface area contributed by atoms with Gasteiger partial charge < -0.3 is 4.74 Å². The average Bonchev–Trinajstić information content (AvgIpc) is 3.26. The number of rotatable bonds is 9. The Morgan fingerprint density at radius 1 is 1.00 bits per heavy atom. The molecule has 0 aromatic heterocycles. The molecule has 0 spiro atoms. The molecule has 0 aliphatic carbocycles. The molecule has 0 bridgehead atoms. The summed E-state index contributed by atoms with van der Waals surface area (Å²) >= 11 is 0. The number of nitro groups is 1. The first-order chi connectivity index (χ1) is 17.4. The second-order valence-corrected chi connectivity index (χ2v) is 11.1. The third-order valence-electron chi connectivity index (χ3n) is 6.25. The number of nitrogens with zero attached hydrogens (tertiary/aromatic N) is 3. The van der Waals surface area contributed by atoms with Crippen LogP contribution in [0.4, 0.5) is 17.1 Å². The standard InChI is InChI=1S/C27H29N3O5P/c1-3-35-27(31)26(20-22-14-16-25(17-15-22)30(32)33)21(2)36(34)28(23-10-6-4-7-11-23)18-19-29(36)24-12-8-5-9-13-24/h4-17,26,34H,2-3,18-20H2,1H3/q+1. The van der Waals surface area contributed by atoms with Crippen molar-refractivity contribution < 1.29 is 19.3 Å². The van der Waals surface area contributed by atoms with Gasteiger partial charge in [0.25, 0.3) is 5.69 Å². The van der Waals surface area contributed by atoms with Gasteiger partial charge in [-0.15, -0.1) is 0 Å². The van der Waals surface area contributed by atoms with E-state index in [1.807, 2.05) is 70.0 Å². The largest absolute Gasteiger partial charge is 0.465 e. The number of anilines is 2. The lowest BCUT2D eigenvalue weighted by molar-refractivity contribution is -0.384. The third kappa shape index (κ3) is 4.96. The highest BCUT2D eigenvalue weighted by Gasteiger charge is 2.61. The zero-order valence-corrected chi connectivity index (χ0v) is 21.0. The summed E-state index contributed by atoms with van der Waals surface area (Å²) in [6.07, 6.45) is 0.198. The number of hydrogen-bond donors (Lipinski definition) is 1. The van der Waals surface area contributed by atoms with Crippen LogP contribution < -0.4 is 9.34 Å². The molecule has 4 rings (SSSR count). The maximum Gasteiger partial charge on any atom is 0.362 e. The molecule has 1 unspecified atom stereocenters. The highest BCUT2D eigenvalue weighted by atomic mass is 31.2. The Balaban J connectivity index is 1.76. The summed E-state index contributed by atoms with van der Waals surface area (Å²) in [6.45, 7) is 7.33. The molecule has 36 heavy (non-hydrogen) atoms. The Labute approximate surface area is 211 Å².